The molecule has 3 N–H and O–H groups in total. The Morgan fingerprint density at radius 2 is 1.90 bits per heavy atom. The van der Waals surface area contributed by atoms with E-state index in [2.05, 4.69) is 5.32 Å². The molecule has 0 saturated heterocycles. The minimum atomic E-state index is -0.754. The molecular weight excluding hydrogens is 272 g/mol. The summed E-state index contributed by atoms with van der Waals surface area (Å²) in [5.41, 5.74) is 8.31. The van der Waals surface area contributed by atoms with Gasteiger partial charge in [-0.2, -0.15) is 5.26 Å². The highest BCUT2D eigenvalue weighted by Gasteiger charge is 2.24. The number of anilines is 2. The first-order chi connectivity index (χ1) is 10.1. The predicted octanol–water partition coefficient (Wildman–Crippen LogP) is 3.52. The zero-order valence-corrected chi connectivity index (χ0v) is 11.2. The first kappa shape index (κ1) is 13.4. The van der Waals surface area contributed by atoms with Gasteiger partial charge in [-0.3, -0.25) is 0 Å². The Bertz CT molecular complexity index is 727. The molecule has 0 aromatic heterocycles. The minimum Gasteiger partial charge on any atom is -0.399 e. The summed E-state index contributed by atoms with van der Waals surface area (Å²) in [6.45, 7) is 0. The van der Waals surface area contributed by atoms with E-state index in [-0.39, 0.29) is 17.3 Å². The highest BCUT2D eigenvalue weighted by atomic mass is 19.1. The third kappa shape index (κ3) is 2.40. The van der Waals surface area contributed by atoms with Crippen molar-refractivity contribution in [3.05, 3.63) is 58.7 Å². The van der Waals surface area contributed by atoms with Crippen LogP contribution >= 0.6 is 0 Å². The molecule has 1 aliphatic carbocycles. The monoisotopic (exact) mass is 285 g/mol. The van der Waals surface area contributed by atoms with Crippen LogP contribution in [0.4, 0.5) is 20.2 Å². The lowest BCUT2D eigenvalue weighted by Gasteiger charge is -2.17. The second-order valence-corrected chi connectivity index (χ2v) is 5.12. The second kappa shape index (κ2) is 5.06. The van der Waals surface area contributed by atoms with E-state index >= 15 is 0 Å². The fourth-order valence-corrected chi connectivity index (χ4v) is 2.74. The van der Waals surface area contributed by atoms with Crippen molar-refractivity contribution in [3.8, 4) is 6.07 Å². The molecule has 1 unspecified atom stereocenters. The van der Waals surface area contributed by atoms with Gasteiger partial charge in [0.25, 0.3) is 0 Å². The Labute approximate surface area is 121 Å². The van der Waals surface area contributed by atoms with Gasteiger partial charge < -0.3 is 11.1 Å². The number of nitrogens with two attached hydrogens (primary N) is 1. The normalized spacial score (nSPS) is 16.3. The Balaban J connectivity index is 1.92. The maximum absolute atomic E-state index is 13.9. The molecule has 106 valence electrons. The summed E-state index contributed by atoms with van der Waals surface area (Å²) in [5, 5.41) is 11.6. The molecule has 2 aromatic carbocycles. The number of fused-ring (bicyclic) bond motifs is 1. The fraction of sp³-hybridized carbons (Fsp3) is 0.188. The van der Waals surface area contributed by atoms with Crippen molar-refractivity contribution < 1.29 is 8.78 Å². The number of hydrogen-bond acceptors (Lipinski definition) is 3. The molecule has 21 heavy (non-hydrogen) atoms. The third-order valence-corrected chi connectivity index (χ3v) is 3.73. The number of nitrogens with one attached hydrogen (secondary N) is 1. The maximum Gasteiger partial charge on any atom is 0.150 e. The zero-order chi connectivity index (χ0) is 15.0. The topological polar surface area (TPSA) is 61.8 Å². The Morgan fingerprint density at radius 1 is 1.19 bits per heavy atom. The number of nitriles is 1. The number of halogens is 2. The van der Waals surface area contributed by atoms with Crippen LogP contribution in [0, 0.1) is 23.0 Å². The SMILES string of the molecule is N#Cc1cc(F)c(NC2CCc3cc(N)ccc32)c(F)c1. The highest BCUT2D eigenvalue weighted by Crippen LogP contribution is 2.36. The Morgan fingerprint density at radius 3 is 2.57 bits per heavy atom. The van der Waals surface area contributed by atoms with Crippen LogP contribution in [0.1, 0.15) is 29.2 Å². The second-order valence-electron chi connectivity index (χ2n) is 5.12. The number of nitrogens with zero attached hydrogens (tertiary/aromatic N) is 1. The molecule has 0 fully saturated rings. The molecular formula is C16H13F2N3. The number of benzene rings is 2. The molecule has 0 spiro atoms. The van der Waals surface area contributed by atoms with E-state index in [1.54, 1.807) is 12.1 Å². The number of aryl methyl sites for hydroxylation is 1. The molecule has 3 nitrogen and oxygen atoms in total. The third-order valence-electron chi connectivity index (χ3n) is 3.73. The van der Waals surface area contributed by atoms with Gasteiger partial charge in [0.2, 0.25) is 0 Å². The van der Waals surface area contributed by atoms with Gasteiger partial charge in [-0.05, 0) is 48.2 Å². The van der Waals surface area contributed by atoms with E-state index in [0.29, 0.717) is 5.69 Å². The van der Waals surface area contributed by atoms with Gasteiger partial charge in [0, 0.05) is 5.69 Å². The van der Waals surface area contributed by atoms with Gasteiger partial charge in [-0.25, -0.2) is 8.78 Å². The van der Waals surface area contributed by atoms with Crippen LogP contribution in [0.5, 0.6) is 0 Å². The highest BCUT2D eigenvalue weighted by molar-refractivity contribution is 5.55. The van der Waals surface area contributed by atoms with Crippen LogP contribution in [0.25, 0.3) is 0 Å². The Hall–Kier alpha value is -2.61. The molecule has 1 aliphatic rings. The number of rotatable bonds is 2. The van der Waals surface area contributed by atoms with Gasteiger partial charge in [0.05, 0.1) is 17.7 Å². The summed E-state index contributed by atoms with van der Waals surface area (Å²) in [6.07, 6.45) is 1.56. The van der Waals surface area contributed by atoms with E-state index in [1.165, 1.54) is 0 Å². The lowest BCUT2D eigenvalue weighted by molar-refractivity contribution is 0.581. The van der Waals surface area contributed by atoms with E-state index in [9.17, 15) is 8.78 Å². The van der Waals surface area contributed by atoms with Crippen molar-refractivity contribution >= 4 is 11.4 Å². The van der Waals surface area contributed by atoms with E-state index in [4.69, 9.17) is 11.0 Å². The van der Waals surface area contributed by atoms with Crippen LogP contribution in [-0.4, -0.2) is 0 Å². The van der Waals surface area contributed by atoms with Gasteiger partial charge in [0.15, 0.2) is 11.6 Å². The standard InChI is InChI=1S/C16H13F2N3/c17-13-5-9(8-19)6-14(18)16(13)21-15-4-1-10-7-11(20)2-3-12(10)15/h2-3,5-7,15,21H,1,4,20H2. The summed E-state index contributed by atoms with van der Waals surface area (Å²) in [6, 6.07) is 9.20. The average Bonchev–Trinajstić information content (AvgIpc) is 2.84. The number of hydrogen-bond donors (Lipinski definition) is 2. The van der Waals surface area contributed by atoms with Crippen LogP contribution < -0.4 is 11.1 Å². The fourth-order valence-electron chi connectivity index (χ4n) is 2.74. The molecule has 0 radical (unpaired) electrons. The van der Waals surface area contributed by atoms with Crippen LogP contribution in [-0.2, 0) is 6.42 Å². The van der Waals surface area contributed by atoms with Gasteiger partial charge in [-0.15, -0.1) is 0 Å². The summed E-state index contributed by atoms with van der Waals surface area (Å²) < 4.78 is 27.8. The van der Waals surface area contributed by atoms with Crippen LogP contribution in [0.15, 0.2) is 30.3 Å². The van der Waals surface area contributed by atoms with Crippen molar-refractivity contribution in [1.82, 2.24) is 0 Å². The first-order valence-corrected chi connectivity index (χ1v) is 6.62. The summed E-state index contributed by atoms with van der Waals surface area (Å²) in [7, 11) is 0. The summed E-state index contributed by atoms with van der Waals surface area (Å²) in [5.74, 6) is -1.51. The van der Waals surface area contributed by atoms with Crippen molar-refractivity contribution in [2.75, 3.05) is 11.1 Å². The molecule has 3 rings (SSSR count). The zero-order valence-electron chi connectivity index (χ0n) is 11.2. The van der Waals surface area contributed by atoms with Gasteiger partial charge in [-0.1, -0.05) is 6.07 Å². The lowest BCUT2D eigenvalue weighted by Crippen LogP contribution is -2.10. The summed E-state index contributed by atoms with van der Waals surface area (Å²) >= 11 is 0. The average molecular weight is 285 g/mol. The van der Waals surface area contributed by atoms with Gasteiger partial charge in [0.1, 0.15) is 5.69 Å². The van der Waals surface area contributed by atoms with E-state index in [1.807, 2.05) is 12.1 Å². The molecule has 0 saturated carbocycles. The minimum absolute atomic E-state index is 0.0323. The van der Waals surface area contributed by atoms with Gasteiger partial charge >= 0.3 is 0 Å². The number of nitrogen functional groups attached to an aromatic ring is 1. The van der Waals surface area contributed by atoms with Crippen LogP contribution in [0.3, 0.4) is 0 Å². The largest absolute Gasteiger partial charge is 0.399 e. The molecule has 1 atom stereocenters. The first-order valence-electron chi connectivity index (χ1n) is 6.62. The quantitative estimate of drug-likeness (QED) is 0.830. The van der Waals surface area contributed by atoms with Crippen molar-refractivity contribution in [2.24, 2.45) is 0 Å². The smallest absolute Gasteiger partial charge is 0.150 e. The molecule has 0 bridgehead atoms. The van der Waals surface area contributed by atoms with Crippen LogP contribution in [0.2, 0.25) is 0 Å². The Kier molecular flexibility index (Phi) is 3.22. The lowest BCUT2D eigenvalue weighted by atomic mass is 10.1. The van der Waals surface area contributed by atoms with Crippen molar-refractivity contribution in [1.29, 1.82) is 5.26 Å². The molecule has 0 amide bonds. The van der Waals surface area contributed by atoms with E-state index in [0.717, 1.165) is 36.1 Å². The molecule has 0 heterocycles. The van der Waals surface area contributed by atoms with Crippen molar-refractivity contribution in [3.63, 3.8) is 0 Å². The molecule has 0 aliphatic heterocycles. The maximum atomic E-state index is 13.9. The van der Waals surface area contributed by atoms with E-state index < -0.39 is 11.6 Å². The van der Waals surface area contributed by atoms with Crippen molar-refractivity contribution in [2.45, 2.75) is 18.9 Å². The predicted molar refractivity (Wildman–Crippen MR) is 76.6 cm³/mol. The summed E-state index contributed by atoms with van der Waals surface area (Å²) in [4.78, 5) is 0. The molecule has 2 aromatic rings. The molecule has 5 heteroatoms.